The maximum atomic E-state index is 12.5. The number of nitrogens with zero attached hydrogens (tertiary/aromatic N) is 3. The number of amides is 3. The van der Waals surface area contributed by atoms with Crippen LogP contribution in [0.5, 0.6) is 0 Å². The average molecular weight is 392 g/mol. The lowest BCUT2D eigenvalue weighted by molar-refractivity contribution is -0.148. The maximum Gasteiger partial charge on any atom is 0.326 e. The standard InChI is InChI=1S/C17H20N4O5S/c1-3-4-5-17(2)14(24)21(15(25)19-17)9-13(23)26-10-11-8-12(22)20-6-7-27-16(20)18-11/h6-8H,3-5,9-10H2,1-2H3,(H,19,25)/t17-/m1/s1. The molecule has 0 unspecified atom stereocenters. The highest BCUT2D eigenvalue weighted by molar-refractivity contribution is 7.15. The minimum absolute atomic E-state index is 0.209. The molecule has 10 heteroatoms. The van der Waals surface area contributed by atoms with Crippen LogP contribution < -0.4 is 10.9 Å². The third kappa shape index (κ3) is 3.85. The Morgan fingerprint density at radius 2 is 2.15 bits per heavy atom. The molecule has 2 aromatic heterocycles. The third-order valence-electron chi connectivity index (χ3n) is 4.40. The number of fused-ring (bicyclic) bond motifs is 1. The Hall–Kier alpha value is -2.75. The van der Waals surface area contributed by atoms with Crippen molar-refractivity contribution in [1.29, 1.82) is 0 Å². The Morgan fingerprint density at radius 3 is 2.89 bits per heavy atom. The number of carbonyl (C=O) groups is 3. The molecule has 1 saturated heterocycles. The number of unbranched alkanes of at least 4 members (excludes halogenated alkanes) is 1. The molecular formula is C17H20N4O5S. The van der Waals surface area contributed by atoms with Crippen LogP contribution in [0.1, 0.15) is 38.8 Å². The first-order chi connectivity index (χ1) is 12.8. The van der Waals surface area contributed by atoms with Gasteiger partial charge in [0, 0.05) is 17.6 Å². The Balaban J connectivity index is 1.61. The Kier molecular flexibility index (Phi) is 5.26. The van der Waals surface area contributed by atoms with Gasteiger partial charge in [-0.1, -0.05) is 19.8 Å². The number of carbonyl (C=O) groups excluding carboxylic acids is 3. The summed E-state index contributed by atoms with van der Waals surface area (Å²) in [6.07, 6.45) is 3.79. The van der Waals surface area contributed by atoms with Crippen molar-refractivity contribution in [2.24, 2.45) is 0 Å². The summed E-state index contributed by atoms with van der Waals surface area (Å²) in [6.45, 7) is 2.96. The van der Waals surface area contributed by atoms with Crippen molar-refractivity contribution in [3.63, 3.8) is 0 Å². The van der Waals surface area contributed by atoms with Crippen molar-refractivity contribution >= 4 is 34.2 Å². The van der Waals surface area contributed by atoms with E-state index in [9.17, 15) is 19.2 Å². The van der Waals surface area contributed by atoms with Gasteiger partial charge in [-0.3, -0.25) is 23.7 Å². The number of imide groups is 1. The quantitative estimate of drug-likeness (QED) is 0.562. The van der Waals surface area contributed by atoms with E-state index in [4.69, 9.17) is 4.74 Å². The fourth-order valence-electron chi connectivity index (χ4n) is 2.88. The van der Waals surface area contributed by atoms with Crippen molar-refractivity contribution in [3.8, 4) is 0 Å². The molecule has 2 aromatic rings. The van der Waals surface area contributed by atoms with Crippen LogP contribution in [-0.4, -0.2) is 44.3 Å². The van der Waals surface area contributed by atoms with Gasteiger partial charge in [0.2, 0.25) is 0 Å². The predicted octanol–water partition coefficient (Wildman–Crippen LogP) is 1.30. The van der Waals surface area contributed by atoms with Crippen LogP contribution in [0.4, 0.5) is 4.79 Å². The zero-order valence-corrected chi connectivity index (χ0v) is 15.9. The second-order valence-electron chi connectivity index (χ2n) is 6.56. The summed E-state index contributed by atoms with van der Waals surface area (Å²) < 4.78 is 6.49. The van der Waals surface area contributed by atoms with E-state index in [2.05, 4.69) is 10.3 Å². The number of ether oxygens (including phenoxy) is 1. The maximum absolute atomic E-state index is 12.5. The summed E-state index contributed by atoms with van der Waals surface area (Å²) in [5, 5.41) is 4.37. The molecule has 3 heterocycles. The van der Waals surface area contributed by atoms with E-state index in [-0.39, 0.29) is 12.2 Å². The Bertz CT molecular complexity index is 952. The van der Waals surface area contributed by atoms with E-state index >= 15 is 0 Å². The lowest BCUT2D eigenvalue weighted by Gasteiger charge is -2.21. The number of urea groups is 1. The lowest BCUT2D eigenvalue weighted by atomic mass is 9.95. The van der Waals surface area contributed by atoms with Gasteiger partial charge in [-0.05, 0) is 13.3 Å². The highest BCUT2D eigenvalue weighted by Gasteiger charge is 2.47. The molecule has 0 radical (unpaired) electrons. The van der Waals surface area contributed by atoms with Gasteiger partial charge < -0.3 is 10.1 Å². The minimum Gasteiger partial charge on any atom is -0.458 e. The number of thiazole rings is 1. The summed E-state index contributed by atoms with van der Waals surface area (Å²) in [7, 11) is 0. The van der Waals surface area contributed by atoms with Gasteiger partial charge in [0.1, 0.15) is 18.7 Å². The van der Waals surface area contributed by atoms with Gasteiger partial charge in [-0.2, -0.15) is 0 Å². The molecule has 144 valence electrons. The topological polar surface area (TPSA) is 110 Å². The van der Waals surface area contributed by atoms with Gasteiger partial charge in [0.25, 0.3) is 11.5 Å². The number of nitrogens with one attached hydrogen (secondary N) is 1. The van der Waals surface area contributed by atoms with Crippen molar-refractivity contribution in [3.05, 3.63) is 33.7 Å². The lowest BCUT2D eigenvalue weighted by Crippen LogP contribution is -2.44. The molecule has 1 fully saturated rings. The molecule has 27 heavy (non-hydrogen) atoms. The van der Waals surface area contributed by atoms with Crippen molar-refractivity contribution < 1.29 is 19.1 Å². The van der Waals surface area contributed by atoms with Gasteiger partial charge >= 0.3 is 12.0 Å². The van der Waals surface area contributed by atoms with Gasteiger partial charge in [0.15, 0.2) is 4.96 Å². The first kappa shape index (κ1) is 19.0. The fraction of sp³-hybridized carbons (Fsp3) is 0.471. The van der Waals surface area contributed by atoms with E-state index in [0.717, 1.165) is 17.7 Å². The van der Waals surface area contributed by atoms with Crippen LogP contribution in [0.2, 0.25) is 0 Å². The molecule has 1 aliphatic rings. The van der Waals surface area contributed by atoms with Crippen molar-refractivity contribution in [1.82, 2.24) is 19.6 Å². The van der Waals surface area contributed by atoms with E-state index in [1.165, 1.54) is 21.8 Å². The first-order valence-corrected chi connectivity index (χ1v) is 9.47. The monoisotopic (exact) mass is 392 g/mol. The molecule has 0 spiro atoms. The van der Waals surface area contributed by atoms with Crippen molar-refractivity contribution in [2.45, 2.75) is 45.3 Å². The Labute approximate surface area is 158 Å². The normalized spacial score (nSPS) is 19.6. The molecule has 0 aromatic carbocycles. The second kappa shape index (κ2) is 7.47. The molecule has 1 N–H and O–H groups in total. The number of hydrogen-bond donors (Lipinski definition) is 1. The van der Waals surface area contributed by atoms with Crippen molar-refractivity contribution in [2.75, 3.05) is 6.54 Å². The first-order valence-electron chi connectivity index (χ1n) is 8.59. The largest absolute Gasteiger partial charge is 0.458 e. The van der Waals surface area contributed by atoms with Gasteiger partial charge in [0.05, 0.1) is 5.69 Å². The van der Waals surface area contributed by atoms with E-state index < -0.39 is 30.0 Å². The summed E-state index contributed by atoms with van der Waals surface area (Å²) in [5.74, 6) is -1.18. The van der Waals surface area contributed by atoms with E-state index in [1.807, 2.05) is 6.92 Å². The zero-order valence-electron chi connectivity index (χ0n) is 15.1. The molecule has 9 nitrogen and oxygen atoms in total. The van der Waals surface area contributed by atoms with Gasteiger partial charge in [-0.15, -0.1) is 11.3 Å². The average Bonchev–Trinajstić information content (AvgIpc) is 3.18. The number of aromatic nitrogens is 2. The smallest absolute Gasteiger partial charge is 0.326 e. The molecule has 0 bridgehead atoms. The molecule has 1 atom stereocenters. The SMILES string of the molecule is CCCC[C@@]1(C)NC(=O)N(CC(=O)OCc2cc(=O)n3ccsc3n2)C1=O. The van der Waals surface area contributed by atoms with Crippen LogP contribution in [0.3, 0.4) is 0 Å². The number of rotatable bonds is 7. The molecule has 1 aliphatic heterocycles. The Morgan fingerprint density at radius 1 is 1.37 bits per heavy atom. The van der Waals surface area contributed by atoms with Crippen LogP contribution in [-0.2, 0) is 20.9 Å². The summed E-state index contributed by atoms with van der Waals surface area (Å²) in [5.41, 5.74) is -0.956. The van der Waals surface area contributed by atoms with E-state index in [0.29, 0.717) is 17.1 Å². The fourth-order valence-corrected chi connectivity index (χ4v) is 3.62. The summed E-state index contributed by atoms with van der Waals surface area (Å²) >= 11 is 1.29. The summed E-state index contributed by atoms with van der Waals surface area (Å²) in [6, 6.07) is 0.676. The van der Waals surface area contributed by atoms with E-state index in [1.54, 1.807) is 18.5 Å². The van der Waals surface area contributed by atoms with Crippen LogP contribution in [0.25, 0.3) is 4.96 Å². The van der Waals surface area contributed by atoms with Crippen LogP contribution >= 0.6 is 11.3 Å². The molecular weight excluding hydrogens is 372 g/mol. The second-order valence-corrected chi connectivity index (χ2v) is 7.43. The molecule has 0 aliphatic carbocycles. The number of esters is 1. The molecule has 3 amide bonds. The number of hydrogen-bond acceptors (Lipinski definition) is 7. The molecule has 3 rings (SSSR count). The highest BCUT2D eigenvalue weighted by Crippen LogP contribution is 2.23. The summed E-state index contributed by atoms with van der Waals surface area (Å²) in [4.78, 5) is 54.1. The minimum atomic E-state index is -0.992. The van der Waals surface area contributed by atoms with Gasteiger partial charge in [-0.25, -0.2) is 9.78 Å². The third-order valence-corrected chi connectivity index (χ3v) is 5.16. The van der Waals surface area contributed by atoms with Crippen LogP contribution in [0, 0.1) is 0 Å². The molecule has 0 saturated carbocycles. The predicted molar refractivity (Wildman–Crippen MR) is 97.3 cm³/mol. The highest BCUT2D eigenvalue weighted by atomic mass is 32.1. The zero-order chi connectivity index (χ0) is 19.6. The van der Waals surface area contributed by atoms with Crippen LogP contribution in [0.15, 0.2) is 22.4 Å².